The third-order valence-corrected chi connectivity index (χ3v) is 3.49. The molecule has 0 atom stereocenters. The number of halogens is 1. The molecule has 19 heavy (non-hydrogen) atoms. The highest BCUT2D eigenvalue weighted by Gasteiger charge is 2.34. The van der Waals surface area contributed by atoms with Crippen LogP contribution in [0.1, 0.15) is 33.3 Å². The number of nitrogens with one attached hydrogen (secondary N) is 1. The van der Waals surface area contributed by atoms with Crippen LogP contribution in [0.3, 0.4) is 0 Å². The summed E-state index contributed by atoms with van der Waals surface area (Å²) < 4.78 is 13.2. The van der Waals surface area contributed by atoms with Crippen LogP contribution < -0.4 is 5.32 Å². The first-order valence-electron chi connectivity index (χ1n) is 5.95. The van der Waals surface area contributed by atoms with Gasteiger partial charge in [0, 0.05) is 23.7 Å². The molecule has 0 aliphatic heterocycles. The number of nitro groups is 1. The van der Waals surface area contributed by atoms with Crippen molar-refractivity contribution >= 4 is 5.69 Å². The van der Waals surface area contributed by atoms with Crippen molar-refractivity contribution in [2.24, 2.45) is 0 Å². The summed E-state index contributed by atoms with van der Waals surface area (Å²) in [5, 5.41) is 23.9. The molecule has 0 aromatic heterocycles. The van der Waals surface area contributed by atoms with Gasteiger partial charge in [0.25, 0.3) is 5.69 Å². The lowest BCUT2D eigenvalue weighted by Crippen LogP contribution is -2.55. The number of nitro benzene ring substituents is 1. The summed E-state index contributed by atoms with van der Waals surface area (Å²) in [5.74, 6) is -0.525. The maximum Gasteiger partial charge on any atom is 0.274 e. The fourth-order valence-electron chi connectivity index (χ4n) is 1.41. The van der Waals surface area contributed by atoms with E-state index in [1.165, 1.54) is 0 Å². The summed E-state index contributed by atoms with van der Waals surface area (Å²) >= 11 is 0. The molecule has 6 heteroatoms. The summed E-state index contributed by atoms with van der Waals surface area (Å²) in [6.07, 6.45) is 0. The maximum absolute atomic E-state index is 13.2. The fourth-order valence-corrected chi connectivity index (χ4v) is 1.41. The van der Waals surface area contributed by atoms with Crippen LogP contribution in [0.2, 0.25) is 0 Å². The van der Waals surface area contributed by atoms with Crippen molar-refractivity contribution in [2.45, 2.75) is 45.4 Å². The van der Waals surface area contributed by atoms with Gasteiger partial charge in [0.2, 0.25) is 0 Å². The quantitative estimate of drug-likeness (QED) is 0.636. The van der Waals surface area contributed by atoms with Gasteiger partial charge in [0.15, 0.2) is 0 Å². The molecule has 0 amide bonds. The Balaban J connectivity index is 2.95. The van der Waals surface area contributed by atoms with Gasteiger partial charge in [-0.1, -0.05) is 0 Å². The molecule has 0 spiro atoms. The van der Waals surface area contributed by atoms with Crippen LogP contribution >= 0.6 is 0 Å². The van der Waals surface area contributed by atoms with Crippen LogP contribution in [0.25, 0.3) is 0 Å². The van der Waals surface area contributed by atoms with Gasteiger partial charge in [-0.05, 0) is 39.8 Å². The number of nitrogens with zero attached hydrogens (tertiary/aromatic N) is 1. The van der Waals surface area contributed by atoms with Crippen LogP contribution in [0.15, 0.2) is 18.2 Å². The molecule has 0 bridgehead atoms. The summed E-state index contributed by atoms with van der Waals surface area (Å²) in [7, 11) is 0. The smallest absolute Gasteiger partial charge is 0.274 e. The zero-order valence-corrected chi connectivity index (χ0v) is 11.5. The molecule has 0 saturated heterocycles. The summed E-state index contributed by atoms with van der Waals surface area (Å²) in [6.45, 7) is 6.93. The zero-order valence-electron chi connectivity index (χ0n) is 11.5. The van der Waals surface area contributed by atoms with Gasteiger partial charge in [0.1, 0.15) is 5.82 Å². The van der Waals surface area contributed by atoms with E-state index >= 15 is 0 Å². The molecule has 0 aliphatic carbocycles. The van der Waals surface area contributed by atoms with Crippen molar-refractivity contribution in [3.63, 3.8) is 0 Å². The minimum absolute atomic E-state index is 0.102. The molecular weight excluding hydrogens is 251 g/mol. The molecule has 0 heterocycles. The van der Waals surface area contributed by atoms with Crippen LogP contribution in [0.4, 0.5) is 10.1 Å². The van der Waals surface area contributed by atoms with Crippen LogP contribution in [0, 0.1) is 15.9 Å². The van der Waals surface area contributed by atoms with E-state index < -0.39 is 21.9 Å². The van der Waals surface area contributed by atoms with Gasteiger partial charge in [0.05, 0.1) is 10.5 Å². The first-order valence-corrected chi connectivity index (χ1v) is 5.95. The first-order chi connectivity index (χ1) is 8.54. The fraction of sp³-hybridized carbons (Fsp3) is 0.538. The van der Waals surface area contributed by atoms with Crippen molar-refractivity contribution in [1.29, 1.82) is 0 Å². The molecule has 1 aromatic carbocycles. The average Bonchev–Trinajstić information content (AvgIpc) is 2.24. The van der Waals surface area contributed by atoms with Crippen molar-refractivity contribution in [3.05, 3.63) is 39.7 Å². The lowest BCUT2D eigenvalue weighted by molar-refractivity contribution is -0.385. The van der Waals surface area contributed by atoms with Crippen LogP contribution in [-0.4, -0.2) is 21.2 Å². The highest BCUT2D eigenvalue weighted by atomic mass is 19.1. The second-order valence-electron chi connectivity index (χ2n) is 5.57. The summed E-state index contributed by atoms with van der Waals surface area (Å²) in [6, 6.07) is 3.33. The molecular formula is C13H19FN2O3. The molecule has 2 N–H and O–H groups in total. The van der Waals surface area contributed by atoms with Crippen molar-refractivity contribution < 1.29 is 14.4 Å². The Morgan fingerprint density at radius 2 is 1.95 bits per heavy atom. The Morgan fingerprint density at radius 3 is 2.42 bits per heavy atom. The Labute approximate surface area is 111 Å². The predicted molar refractivity (Wildman–Crippen MR) is 70.3 cm³/mol. The van der Waals surface area contributed by atoms with E-state index in [0.717, 1.165) is 18.2 Å². The predicted octanol–water partition coefficient (Wildman–Crippen LogP) is 2.37. The number of rotatable bonds is 5. The van der Waals surface area contributed by atoms with Gasteiger partial charge >= 0.3 is 0 Å². The third-order valence-electron chi connectivity index (χ3n) is 3.49. The Hall–Kier alpha value is -1.53. The van der Waals surface area contributed by atoms with Gasteiger partial charge < -0.3 is 10.4 Å². The van der Waals surface area contributed by atoms with E-state index in [0.29, 0.717) is 0 Å². The monoisotopic (exact) mass is 270 g/mol. The second kappa shape index (κ2) is 5.22. The lowest BCUT2D eigenvalue weighted by Gasteiger charge is -2.38. The van der Waals surface area contributed by atoms with Crippen molar-refractivity contribution in [2.75, 3.05) is 0 Å². The zero-order chi connectivity index (χ0) is 14.8. The molecule has 1 rings (SSSR count). The molecule has 0 unspecified atom stereocenters. The SMILES string of the molecule is CC(C)(O)C(C)(C)NCc1cc(F)ccc1[N+](=O)[O-]. The minimum atomic E-state index is -1.02. The summed E-state index contributed by atoms with van der Waals surface area (Å²) in [4.78, 5) is 10.3. The van der Waals surface area contributed by atoms with E-state index in [4.69, 9.17) is 0 Å². The number of hydrogen-bond donors (Lipinski definition) is 2. The molecule has 106 valence electrons. The standard InChI is InChI=1S/C13H19FN2O3/c1-12(2,13(3,4)17)15-8-9-7-10(14)5-6-11(9)16(18)19/h5-7,15,17H,8H2,1-4H3. The highest BCUT2D eigenvalue weighted by Crippen LogP contribution is 2.24. The molecule has 5 nitrogen and oxygen atoms in total. The minimum Gasteiger partial charge on any atom is -0.389 e. The molecule has 0 fully saturated rings. The number of hydrogen-bond acceptors (Lipinski definition) is 4. The first kappa shape index (κ1) is 15.5. The molecule has 0 radical (unpaired) electrons. The van der Waals surface area contributed by atoms with Crippen molar-refractivity contribution in [3.8, 4) is 0 Å². The average molecular weight is 270 g/mol. The lowest BCUT2D eigenvalue weighted by atomic mass is 9.86. The van der Waals surface area contributed by atoms with Gasteiger partial charge in [-0.3, -0.25) is 10.1 Å². The Bertz CT molecular complexity index is 481. The number of benzene rings is 1. The largest absolute Gasteiger partial charge is 0.389 e. The Kier molecular flexibility index (Phi) is 4.27. The normalized spacial score (nSPS) is 12.5. The van der Waals surface area contributed by atoms with E-state index in [1.807, 2.05) is 0 Å². The molecule has 1 aromatic rings. The van der Waals surface area contributed by atoms with E-state index in [-0.39, 0.29) is 17.8 Å². The summed E-state index contributed by atoms with van der Waals surface area (Å²) in [5.41, 5.74) is -1.58. The number of aliphatic hydroxyl groups is 1. The van der Waals surface area contributed by atoms with Gasteiger partial charge in [-0.2, -0.15) is 0 Å². The maximum atomic E-state index is 13.2. The van der Waals surface area contributed by atoms with E-state index in [2.05, 4.69) is 5.32 Å². The highest BCUT2D eigenvalue weighted by molar-refractivity contribution is 5.40. The topological polar surface area (TPSA) is 75.4 Å². The van der Waals surface area contributed by atoms with Crippen molar-refractivity contribution in [1.82, 2.24) is 5.32 Å². The second-order valence-corrected chi connectivity index (χ2v) is 5.57. The molecule has 0 saturated carbocycles. The van der Waals surface area contributed by atoms with E-state index in [9.17, 15) is 19.6 Å². The van der Waals surface area contributed by atoms with Crippen LogP contribution in [0.5, 0.6) is 0 Å². The Morgan fingerprint density at radius 1 is 1.37 bits per heavy atom. The molecule has 0 aliphatic rings. The third kappa shape index (κ3) is 3.71. The van der Waals surface area contributed by atoms with Gasteiger partial charge in [-0.15, -0.1) is 0 Å². The van der Waals surface area contributed by atoms with E-state index in [1.54, 1.807) is 27.7 Å². The van der Waals surface area contributed by atoms with Gasteiger partial charge in [-0.25, -0.2) is 4.39 Å². The van der Waals surface area contributed by atoms with Crippen LogP contribution in [-0.2, 0) is 6.54 Å².